The molecule has 0 saturated heterocycles. The second-order valence-corrected chi connectivity index (χ2v) is 7.68. The van der Waals surface area contributed by atoms with Crippen LogP contribution in [0.25, 0.3) is 11.4 Å². The molecule has 0 saturated carbocycles. The van der Waals surface area contributed by atoms with Gasteiger partial charge in [0.25, 0.3) is 0 Å². The standard InChI is InChI=1S/C22H25ClN4O3/c1-12(2)27-19(13(3)15-7-9-16(23)10-8-15)18(14(4)28)25-20(27)17-11-24-22(30-6)26-21(17)29-5/h7-13H,1-6H3. The monoisotopic (exact) mass is 428 g/mol. The molecule has 30 heavy (non-hydrogen) atoms. The summed E-state index contributed by atoms with van der Waals surface area (Å²) in [6, 6.07) is 7.84. The molecule has 3 aromatic rings. The molecule has 0 bridgehead atoms. The van der Waals surface area contributed by atoms with Crippen LogP contribution in [0.1, 0.15) is 61.4 Å². The Morgan fingerprint density at radius 2 is 1.73 bits per heavy atom. The summed E-state index contributed by atoms with van der Waals surface area (Å²) in [6.45, 7) is 7.67. The molecule has 0 radical (unpaired) electrons. The van der Waals surface area contributed by atoms with Gasteiger partial charge in [0.05, 0.1) is 25.5 Å². The number of hydrogen-bond acceptors (Lipinski definition) is 6. The molecule has 0 spiro atoms. The smallest absolute Gasteiger partial charge is 0.319 e. The minimum absolute atomic E-state index is 0.0251. The first-order chi connectivity index (χ1) is 14.3. The van der Waals surface area contributed by atoms with Crippen molar-refractivity contribution in [3.63, 3.8) is 0 Å². The SMILES string of the molecule is COc1ncc(-c2nc(C(C)=O)c(C(C)c3ccc(Cl)cc3)n2C(C)C)c(OC)n1. The number of rotatable bonds is 7. The fourth-order valence-corrected chi connectivity index (χ4v) is 3.62. The molecule has 0 aliphatic carbocycles. The van der Waals surface area contributed by atoms with Crippen molar-refractivity contribution in [1.82, 2.24) is 19.5 Å². The van der Waals surface area contributed by atoms with Gasteiger partial charge in [0.2, 0.25) is 5.88 Å². The van der Waals surface area contributed by atoms with Gasteiger partial charge >= 0.3 is 6.01 Å². The molecule has 7 nitrogen and oxygen atoms in total. The van der Waals surface area contributed by atoms with Crippen molar-refractivity contribution < 1.29 is 14.3 Å². The van der Waals surface area contributed by atoms with E-state index in [9.17, 15) is 4.79 Å². The summed E-state index contributed by atoms with van der Waals surface area (Å²) in [6.07, 6.45) is 1.60. The summed E-state index contributed by atoms with van der Waals surface area (Å²) in [5.41, 5.74) is 2.86. The van der Waals surface area contributed by atoms with Crippen LogP contribution < -0.4 is 9.47 Å². The number of nitrogens with zero attached hydrogens (tertiary/aromatic N) is 4. The zero-order valence-corrected chi connectivity index (χ0v) is 18.7. The Labute approximate surface area is 181 Å². The average Bonchev–Trinajstić information content (AvgIpc) is 3.14. The third kappa shape index (κ3) is 4.03. The summed E-state index contributed by atoms with van der Waals surface area (Å²) in [5, 5.41) is 0.663. The van der Waals surface area contributed by atoms with Crippen LogP contribution in [-0.2, 0) is 0 Å². The highest BCUT2D eigenvalue weighted by atomic mass is 35.5. The lowest BCUT2D eigenvalue weighted by Gasteiger charge is -2.21. The Morgan fingerprint density at radius 3 is 2.27 bits per heavy atom. The van der Waals surface area contributed by atoms with E-state index in [1.54, 1.807) is 6.20 Å². The quantitative estimate of drug-likeness (QED) is 0.495. The second-order valence-electron chi connectivity index (χ2n) is 7.24. The molecule has 0 N–H and O–H groups in total. The molecule has 1 unspecified atom stereocenters. The third-order valence-electron chi connectivity index (χ3n) is 4.93. The van der Waals surface area contributed by atoms with Crippen LogP contribution in [0.5, 0.6) is 11.9 Å². The Balaban J connectivity index is 2.27. The van der Waals surface area contributed by atoms with Gasteiger partial charge in [0.15, 0.2) is 5.78 Å². The van der Waals surface area contributed by atoms with Gasteiger partial charge in [-0.3, -0.25) is 4.79 Å². The second kappa shape index (κ2) is 8.83. The number of imidazole rings is 1. The highest BCUT2D eigenvalue weighted by Gasteiger charge is 2.29. The minimum Gasteiger partial charge on any atom is -0.480 e. The van der Waals surface area contributed by atoms with Crippen molar-refractivity contribution in [2.24, 2.45) is 0 Å². The molecule has 1 aromatic carbocycles. The van der Waals surface area contributed by atoms with Gasteiger partial charge in [0.1, 0.15) is 11.5 Å². The Morgan fingerprint density at radius 1 is 1.07 bits per heavy atom. The molecular formula is C22H25ClN4O3. The molecule has 3 rings (SSSR count). The van der Waals surface area contributed by atoms with Crippen LogP contribution in [0.15, 0.2) is 30.5 Å². The highest BCUT2D eigenvalue weighted by Crippen LogP contribution is 2.37. The maximum absolute atomic E-state index is 12.6. The van der Waals surface area contributed by atoms with Crippen LogP contribution in [0.3, 0.4) is 0 Å². The Bertz CT molecular complexity index is 1060. The van der Waals surface area contributed by atoms with Crippen molar-refractivity contribution in [2.75, 3.05) is 14.2 Å². The van der Waals surface area contributed by atoms with E-state index in [1.165, 1.54) is 21.1 Å². The van der Waals surface area contributed by atoms with E-state index in [0.29, 0.717) is 28.0 Å². The van der Waals surface area contributed by atoms with E-state index >= 15 is 0 Å². The van der Waals surface area contributed by atoms with Crippen molar-refractivity contribution in [1.29, 1.82) is 0 Å². The number of Topliss-reactive ketones (excluding diaryl/α,β-unsaturated/α-hetero) is 1. The first kappa shape index (κ1) is 21.8. The van der Waals surface area contributed by atoms with E-state index in [2.05, 4.69) is 16.9 Å². The average molecular weight is 429 g/mol. The molecule has 0 fully saturated rings. The van der Waals surface area contributed by atoms with Gasteiger partial charge in [-0.1, -0.05) is 30.7 Å². The van der Waals surface area contributed by atoms with E-state index in [-0.39, 0.29) is 23.8 Å². The summed E-state index contributed by atoms with van der Waals surface area (Å²) in [7, 11) is 3.01. The van der Waals surface area contributed by atoms with Crippen molar-refractivity contribution in [2.45, 2.75) is 39.7 Å². The zero-order valence-electron chi connectivity index (χ0n) is 17.9. The predicted molar refractivity (Wildman–Crippen MR) is 116 cm³/mol. The number of methoxy groups -OCH3 is 2. The molecule has 158 valence electrons. The fraction of sp³-hybridized carbons (Fsp3) is 0.364. The molecule has 2 aromatic heterocycles. The molecular weight excluding hydrogens is 404 g/mol. The lowest BCUT2D eigenvalue weighted by atomic mass is 9.95. The van der Waals surface area contributed by atoms with Crippen LogP contribution in [0, 0.1) is 0 Å². The minimum atomic E-state index is -0.111. The van der Waals surface area contributed by atoms with Gasteiger partial charge in [-0.25, -0.2) is 9.97 Å². The summed E-state index contributed by atoms with van der Waals surface area (Å²) >= 11 is 6.06. The third-order valence-corrected chi connectivity index (χ3v) is 5.18. The van der Waals surface area contributed by atoms with Crippen LogP contribution in [-0.4, -0.2) is 39.5 Å². The zero-order chi connectivity index (χ0) is 22.0. The number of benzene rings is 1. The van der Waals surface area contributed by atoms with Gasteiger partial charge in [-0.05, 0) is 31.5 Å². The Kier molecular flexibility index (Phi) is 6.41. The van der Waals surface area contributed by atoms with E-state index in [4.69, 9.17) is 26.1 Å². The number of carbonyl (C=O) groups excluding carboxylic acids is 1. The van der Waals surface area contributed by atoms with Gasteiger partial charge in [-0.2, -0.15) is 4.98 Å². The van der Waals surface area contributed by atoms with Gasteiger partial charge in [0, 0.05) is 30.1 Å². The molecule has 1 atom stereocenters. The first-order valence-corrected chi connectivity index (χ1v) is 10.00. The lowest BCUT2D eigenvalue weighted by Crippen LogP contribution is -2.13. The van der Waals surface area contributed by atoms with Crippen molar-refractivity contribution >= 4 is 17.4 Å². The normalized spacial score (nSPS) is 12.1. The molecule has 0 amide bonds. The molecule has 0 aliphatic rings. The number of halogens is 1. The topological polar surface area (TPSA) is 79.1 Å². The number of aromatic nitrogens is 4. The van der Waals surface area contributed by atoms with E-state index in [0.717, 1.165) is 11.3 Å². The predicted octanol–water partition coefficient (Wildman–Crippen LogP) is 4.95. The molecule has 0 aliphatic heterocycles. The first-order valence-electron chi connectivity index (χ1n) is 9.62. The molecule has 8 heteroatoms. The lowest BCUT2D eigenvalue weighted by molar-refractivity contribution is 0.101. The largest absolute Gasteiger partial charge is 0.480 e. The Hall–Kier alpha value is -2.93. The van der Waals surface area contributed by atoms with Crippen molar-refractivity contribution in [3.05, 3.63) is 52.4 Å². The highest BCUT2D eigenvalue weighted by molar-refractivity contribution is 6.30. The summed E-state index contributed by atoms with van der Waals surface area (Å²) in [4.78, 5) is 25.8. The number of carbonyl (C=O) groups is 1. The number of ketones is 1. The van der Waals surface area contributed by atoms with E-state index < -0.39 is 0 Å². The summed E-state index contributed by atoms with van der Waals surface area (Å²) < 4.78 is 12.6. The van der Waals surface area contributed by atoms with Gasteiger partial charge in [-0.15, -0.1) is 0 Å². The number of ether oxygens (including phenoxy) is 2. The maximum Gasteiger partial charge on any atom is 0.319 e. The maximum atomic E-state index is 12.6. The fourth-order valence-electron chi connectivity index (χ4n) is 3.50. The van der Waals surface area contributed by atoms with Crippen LogP contribution >= 0.6 is 11.6 Å². The van der Waals surface area contributed by atoms with Crippen LogP contribution in [0.4, 0.5) is 0 Å². The van der Waals surface area contributed by atoms with Gasteiger partial charge < -0.3 is 14.0 Å². The number of hydrogen-bond donors (Lipinski definition) is 0. The van der Waals surface area contributed by atoms with Crippen molar-refractivity contribution in [3.8, 4) is 23.3 Å². The summed E-state index contributed by atoms with van der Waals surface area (Å²) in [5.74, 6) is 0.704. The molecule has 2 heterocycles. The van der Waals surface area contributed by atoms with Crippen LogP contribution in [0.2, 0.25) is 5.02 Å². The van der Waals surface area contributed by atoms with E-state index in [1.807, 2.05) is 42.7 Å².